The van der Waals surface area contributed by atoms with Crippen LogP contribution in [-0.4, -0.2) is 50.4 Å². The Morgan fingerprint density at radius 3 is 2.00 bits per heavy atom. The Kier molecular flexibility index (Phi) is 10.7. The molecule has 0 unspecified atom stereocenters. The Bertz CT molecular complexity index is 1690. The number of nitrogens with one attached hydrogen (secondary N) is 1. The van der Waals surface area contributed by atoms with Crippen molar-refractivity contribution in [3.05, 3.63) is 126 Å². The minimum absolute atomic E-state index is 0.0464. The van der Waals surface area contributed by atoms with Crippen LogP contribution in [0.3, 0.4) is 0 Å². The molecule has 9 heteroatoms. The lowest BCUT2D eigenvalue weighted by atomic mass is 10.0. The minimum Gasteiger partial charge on any atom is -0.497 e. The summed E-state index contributed by atoms with van der Waals surface area (Å²) >= 11 is 0. The van der Waals surface area contributed by atoms with Crippen LogP contribution in [0.25, 0.3) is 0 Å². The summed E-state index contributed by atoms with van der Waals surface area (Å²) in [6.07, 6.45) is 0.244. The molecule has 4 aromatic rings. The fourth-order valence-corrected chi connectivity index (χ4v) is 6.45. The molecule has 0 aromatic heterocycles. The van der Waals surface area contributed by atoms with Crippen LogP contribution in [0.15, 0.2) is 114 Å². The molecule has 0 spiro atoms. The average Bonchev–Trinajstić information content (AvgIpc) is 3.01. The zero-order valence-corrected chi connectivity index (χ0v) is 27.3. The molecular formula is C36H41N3O5S. The van der Waals surface area contributed by atoms with Gasteiger partial charge in [-0.3, -0.25) is 13.9 Å². The lowest BCUT2D eigenvalue weighted by Crippen LogP contribution is -2.56. The van der Waals surface area contributed by atoms with Gasteiger partial charge in [-0.15, -0.1) is 0 Å². The summed E-state index contributed by atoms with van der Waals surface area (Å²) in [7, 11) is -2.65. The van der Waals surface area contributed by atoms with Gasteiger partial charge in [0.2, 0.25) is 11.8 Å². The Morgan fingerprint density at radius 1 is 0.822 bits per heavy atom. The summed E-state index contributed by atoms with van der Waals surface area (Å²) in [5.74, 6) is -0.295. The van der Waals surface area contributed by atoms with Gasteiger partial charge in [-0.2, -0.15) is 0 Å². The summed E-state index contributed by atoms with van der Waals surface area (Å²) < 4.78 is 34.5. The van der Waals surface area contributed by atoms with Crippen molar-refractivity contribution in [1.29, 1.82) is 0 Å². The third kappa shape index (κ3) is 8.95. The number of hydrogen-bond donors (Lipinski definition) is 1. The standard InChI is InChI=1S/C36H41N3O5S/c1-27-13-12-16-29(23-27)25-38(33(35(41)37-36(2,3)4)24-28-14-8-6-9-15-28)34(40)26-39(30-19-21-31(44-5)22-20-30)45(42,43)32-17-10-7-11-18-32/h6-23,33H,24-26H2,1-5H3,(H,37,41)/t33-/m0/s1. The van der Waals surface area contributed by atoms with E-state index in [4.69, 9.17) is 4.74 Å². The molecule has 4 rings (SSSR count). The van der Waals surface area contributed by atoms with Crippen LogP contribution >= 0.6 is 0 Å². The van der Waals surface area contributed by atoms with Gasteiger partial charge in [-0.05, 0) is 75.2 Å². The number of ether oxygens (including phenoxy) is 1. The molecule has 0 fully saturated rings. The van der Waals surface area contributed by atoms with Crippen LogP contribution in [0.4, 0.5) is 5.69 Å². The number of sulfonamides is 1. The van der Waals surface area contributed by atoms with Gasteiger partial charge in [0.25, 0.3) is 10.0 Å². The largest absolute Gasteiger partial charge is 0.497 e. The van der Waals surface area contributed by atoms with Crippen LogP contribution in [0.2, 0.25) is 0 Å². The topological polar surface area (TPSA) is 96.0 Å². The van der Waals surface area contributed by atoms with Gasteiger partial charge in [0.15, 0.2) is 0 Å². The number of aryl methyl sites for hydroxylation is 1. The molecule has 45 heavy (non-hydrogen) atoms. The number of anilines is 1. The predicted molar refractivity (Wildman–Crippen MR) is 178 cm³/mol. The van der Waals surface area contributed by atoms with Crippen molar-refractivity contribution < 1.29 is 22.7 Å². The number of carbonyl (C=O) groups is 2. The van der Waals surface area contributed by atoms with Crippen molar-refractivity contribution in [2.45, 2.75) is 57.1 Å². The molecule has 0 heterocycles. The molecule has 2 amide bonds. The second kappa shape index (κ2) is 14.4. The van der Waals surface area contributed by atoms with Gasteiger partial charge < -0.3 is 15.0 Å². The molecule has 8 nitrogen and oxygen atoms in total. The van der Waals surface area contributed by atoms with E-state index >= 15 is 0 Å². The van der Waals surface area contributed by atoms with Crippen LogP contribution in [0.5, 0.6) is 5.75 Å². The Morgan fingerprint density at radius 2 is 1.42 bits per heavy atom. The number of carbonyl (C=O) groups excluding carboxylic acids is 2. The van der Waals surface area contributed by atoms with Crippen molar-refractivity contribution in [3.63, 3.8) is 0 Å². The maximum absolute atomic E-state index is 14.5. The van der Waals surface area contributed by atoms with E-state index in [2.05, 4.69) is 5.32 Å². The molecule has 0 bridgehead atoms. The molecule has 4 aromatic carbocycles. The van der Waals surface area contributed by atoms with Crippen LogP contribution in [0.1, 0.15) is 37.5 Å². The molecule has 1 atom stereocenters. The fourth-order valence-electron chi connectivity index (χ4n) is 5.01. The van der Waals surface area contributed by atoms with E-state index in [1.54, 1.807) is 42.5 Å². The Labute approximate surface area is 266 Å². The molecule has 1 N–H and O–H groups in total. The smallest absolute Gasteiger partial charge is 0.264 e. The fraction of sp³-hybridized carbons (Fsp3) is 0.278. The number of amides is 2. The number of hydrogen-bond acceptors (Lipinski definition) is 5. The normalized spacial score (nSPS) is 12.2. The second-order valence-corrected chi connectivity index (χ2v) is 13.8. The van der Waals surface area contributed by atoms with E-state index in [9.17, 15) is 18.0 Å². The molecule has 236 valence electrons. The highest BCUT2D eigenvalue weighted by Gasteiger charge is 2.35. The second-order valence-electron chi connectivity index (χ2n) is 12.0. The van der Waals surface area contributed by atoms with E-state index in [0.717, 1.165) is 21.0 Å². The lowest BCUT2D eigenvalue weighted by molar-refractivity contribution is -0.140. The van der Waals surface area contributed by atoms with Gasteiger partial charge in [0, 0.05) is 18.5 Å². The SMILES string of the molecule is COc1ccc(N(CC(=O)N(Cc2cccc(C)c2)[C@@H](Cc2ccccc2)C(=O)NC(C)(C)C)S(=O)(=O)c2ccccc2)cc1. The third-order valence-electron chi connectivity index (χ3n) is 7.18. The average molecular weight is 628 g/mol. The number of nitrogens with zero attached hydrogens (tertiary/aromatic N) is 2. The molecule has 0 saturated heterocycles. The lowest BCUT2D eigenvalue weighted by Gasteiger charge is -2.35. The highest BCUT2D eigenvalue weighted by molar-refractivity contribution is 7.92. The van der Waals surface area contributed by atoms with E-state index in [0.29, 0.717) is 11.4 Å². The predicted octanol–water partition coefficient (Wildman–Crippen LogP) is 5.75. The van der Waals surface area contributed by atoms with Gasteiger partial charge in [-0.1, -0.05) is 78.4 Å². The van der Waals surface area contributed by atoms with Crippen LogP contribution in [0, 0.1) is 6.92 Å². The maximum Gasteiger partial charge on any atom is 0.264 e. The first-order valence-electron chi connectivity index (χ1n) is 14.8. The van der Waals surface area contributed by atoms with E-state index in [1.807, 2.05) is 82.3 Å². The quantitative estimate of drug-likeness (QED) is 0.216. The van der Waals surface area contributed by atoms with Crippen molar-refractivity contribution in [2.75, 3.05) is 18.0 Å². The van der Waals surface area contributed by atoms with Crippen molar-refractivity contribution in [3.8, 4) is 5.75 Å². The van der Waals surface area contributed by atoms with E-state index in [1.165, 1.54) is 24.1 Å². The van der Waals surface area contributed by atoms with Crippen LogP contribution in [-0.2, 0) is 32.6 Å². The summed E-state index contributed by atoms with van der Waals surface area (Å²) in [5.41, 5.74) is 2.44. The molecule has 0 aliphatic rings. The maximum atomic E-state index is 14.5. The first-order valence-corrected chi connectivity index (χ1v) is 16.2. The zero-order valence-electron chi connectivity index (χ0n) is 26.4. The monoisotopic (exact) mass is 627 g/mol. The number of rotatable bonds is 12. The van der Waals surface area contributed by atoms with Crippen molar-refractivity contribution >= 4 is 27.5 Å². The minimum atomic E-state index is -4.17. The van der Waals surface area contributed by atoms with E-state index in [-0.39, 0.29) is 23.8 Å². The highest BCUT2D eigenvalue weighted by atomic mass is 32.2. The van der Waals surface area contributed by atoms with Gasteiger partial charge in [-0.25, -0.2) is 8.42 Å². The molecule has 0 saturated carbocycles. The molecule has 0 aliphatic heterocycles. The summed E-state index contributed by atoms with van der Waals surface area (Å²) in [6, 6.07) is 30.8. The summed E-state index contributed by atoms with van der Waals surface area (Å²) in [4.78, 5) is 30.0. The summed E-state index contributed by atoms with van der Waals surface area (Å²) in [6.45, 7) is 7.20. The van der Waals surface area contributed by atoms with Crippen LogP contribution < -0.4 is 14.4 Å². The van der Waals surface area contributed by atoms with Gasteiger partial charge in [0.1, 0.15) is 18.3 Å². The van der Waals surface area contributed by atoms with Crippen molar-refractivity contribution in [2.24, 2.45) is 0 Å². The van der Waals surface area contributed by atoms with Gasteiger partial charge >= 0.3 is 0 Å². The number of benzene rings is 4. The highest BCUT2D eigenvalue weighted by Crippen LogP contribution is 2.27. The Hall–Kier alpha value is -4.63. The summed E-state index contributed by atoms with van der Waals surface area (Å²) in [5, 5.41) is 3.05. The van der Waals surface area contributed by atoms with E-state index < -0.39 is 34.1 Å². The Balaban J connectivity index is 1.81. The first kappa shape index (κ1) is 33.3. The molecule has 0 radical (unpaired) electrons. The van der Waals surface area contributed by atoms with Crippen molar-refractivity contribution in [1.82, 2.24) is 10.2 Å². The van der Waals surface area contributed by atoms with Gasteiger partial charge in [0.05, 0.1) is 17.7 Å². The zero-order chi connectivity index (χ0) is 32.6. The number of methoxy groups -OCH3 is 1. The third-order valence-corrected chi connectivity index (χ3v) is 8.96. The molecular weight excluding hydrogens is 586 g/mol. The first-order chi connectivity index (χ1) is 21.4. The molecule has 0 aliphatic carbocycles.